The third-order valence-electron chi connectivity index (χ3n) is 10.7. The molecule has 0 unspecified atom stereocenters. The van der Waals surface area contributed by atoms with E-state index < -0.39 is 0 Å². The molecule has 0 spiro atoms. The summed E-state index contributed by atoms with van der Waals surface area (Å²) in [5.74, 6) is 1.94. The van der Waals surface area contributed by atoms with Gasteiger partial charge in [0.25, 0.3) is 0 Å². The van der Waals surface area contributed by atoms with Crippen LogP contribution in [0.3, 0.4) is 0 Å². The minimum Gasteiger partial charge on any atom is -0.309 e. The summed E-state index contributed by atoms with van der Waals surface area (Å²) in [4.78, 5) is 15.0. The van der Waals surface area contributed by atoms with Crippen LogP contribution in [0, 0.1) is 0 Å². The van der Waals surface area contributed by atoms with E-state index in [9.17, 15) is 0 Å². The fourth-order valence-corrected chi connectivity index (χ4v) is 8.13. The standard InChI is InChI=1S/C48H34N4/c1-48(2)40-24-11-9-21-37(40)38-28-27-33(30-41(38)48)36-23-14-26-43-44(36)39-22-10-12-25-42(39)52(43)35-20-13-19-34(29-35)47-50-45(31-15-5-3-6-16-31)49-46(51-47)32-17-7-4-8-18-32/h3-30H,1-2H3. The second-order valence-corrected chi connectivity index (χ2v) is 14.1. The lowest BCUT2D eigenvalue weighted by Gasteiger charge is -2.22. The van der Waals surface area contributed by atoms with Gasteiger partial charge in [0.05, 0.1) is 11.0 Å². The molecule has 2 aromatic heterocycles. The first-order valence-electron chi connectivity index (χ1n) is 17.8. The van der Waals surface area contributed by atoms with Crippen LogP contribution in [0.25, 0.3) is 83.9 Å². The quantitative estimate of drug-likeness (QED) is 0.184. The molecule has 0 saturated carbocycles. The molecule has 52 heavy (non-hydrogen) atoms. The highest BCUT2D eigenvalue weighted by Gasteiger charge is 2.35. The van der Waals surface area contributed by atoms with Gasteiger partial charge in [-0.25, -0.2) is 15.0 Å². The Balaban J connectivity index is 1.14. The first-order valence-corrected chi connectivity index (χ1v) is 17.8. The molecular weight excluding hydrogens is 633 g/mol. The number of hydrogen-bond donors (Lipinski definition) is 0. The van der Waals surface area contributed by atoms with Crippen molar-refractivity contribution >= 4 is 21.8 Å². The summed E-state index contributed by atoms with van der Waals surface area (Å²) in [6.07, 6.45) is 0. The lowest BCUT2D eigenvalue weighted by atomic mass is 9.81. The summed E-state index contributed by atoms with van der Waals surface area (Å²) in [5.41, 5.74) is 14.0. The highest BCUT2D eigenvalue weighted by molar-refractivity contribution is 6.16. The lowest BCUT2D eigenvalue weighted by molar-refractivity contribution is 0.660. The number of hydrogen-bond acceptors (Lipinski definition) is 3. The number of fused-ring (bicyclic) bond motifs is 6. The molecule has 0 radical (unpaired) electrons. The first-order chi connectivity index (χ1) is 25.5. The molecule has 0 atom stereocenters. The smallest absolute Gasteiger partial charge is 0.164 e. The molecule has 1 aliphatic carbocycles. The van der Waals surface area contributed by atoms with Gasteiger partial charge in [-0.15, -0.1) is 0 Å². The van der Waals surface area contributed by atoms with Crippen LogP contribution in [0.1, 0.15) is 25.0 Å². The van der Waals surface area contributed by atoms with Gasteiger partial charge in [-0.1, -0.05) is 153 Å². The monoisotopic (exact) mass is 666 g/mol. The van der Waals surface area contributed by atoms with Crippen molar-refractivity contribution in [3.05, 3.63) is 181 Å². The van der Waals surface area contributed by atoms with Crippen LogP contribution in [-0.4, -0.2) is 19.5 Å². The van der Waals surface area contributed by atoms with E-state index in [0.29, 0.717) is 17.5 Å². The highest BCUT2D eigenvalue weighted by Crippen LogP contribution is 2.50. The Morgan fingerprint density at radius 1 is 0.404 bits per heavy atom. The van der Waals surface area contributed by atoms with Crippen molar-refractivity contribution in [3.63, 3.8) is 0 Å². The lowest BCUT2D eigenvalue weighted by Crippen LogP contribution is -2.14. The molecule has 4 heteroatoms. The average Bonchev–Trinajstić information content (AvgIpc) is 3.67. The minimum atomic E-state index is -0.0694. The molecule has 0 bridgehead atoms. The van der Waals surface area contributed by atoms with E-state index in [4.69, 9.17) is 15.0 Å². The van der Waals surface area contributed by atoms with E-state index in [1.165, 1.54) is 44.2 Å². The summed E-state index contributed by atoms with van der Waals surface area (Å²) in [5, 5.41) is 2.47. The maximum atomic E-state index is 5.02. The number of aromatic nitrogens is 4. The molecule has 10 rings (SSSR count). The Bertz CT molecular complexity index is 2760. The zero-order chi connectivity index (χ0) is 34.8. The molecule has 246 valence electrons. The number of rotatable bonds is 5. The van der Waals surface area contributed by atoms with Crippen molar-refractivity contribution in [1.82, 2.24) is 19.5 Å². The summed E-state index contributed by atoms with van der Waals surface area (Å²) < 4.78 is 2.38. The highest BCUT2D eigenvalue weighted by atomic mass is 15.0. The first kappa shape index (κ1) is 30.2. The molecule has 1 aliphatic rings. The van der Waals surface area contributed by atoms with E-state index >= 15 is 0 Å². The Kier molecular flexibility index (Phi) is 6.80. The van der Waals surface area contributed by atoms with Gasteiger partial charge in [0.15, 0.2) is 17.5 Å². The molecule has 7 aromatic carbocycles. The van der Waals surface area contributed by atoms with Crippen LogP contribution in [0.5, 0.6) is 0 Å². The second-order valence-electron chi connectivity index (χ2n) is 14.1. The van der Waals surface area contributed by atoms with E-state index in [0.717, 1.165) is 33.4 Å². The molecule has 2 heterocycles. The van der Waals surface area contributed by atoms with Gasteiger partial charge in [-0.2, -0.15) is 0 Å². The van der Waals surface area contributed by atoms with Crippen LogP contribution < -0.4 is 0 Å². The normalized spacial score (nSPS) is 13.0. The van der Waals surface area contributed by atoms with Crippen LogP contribution in [0.15, 0.2) is 170 Å². The van der Waals surface area contributed by atoms with E-state index in [-0.39, 0.29) is 5.41 Å². The van der Waals surface area contributed by atoms with E-state index in [2.05, 4.69) is 128 Å². The molecule has 0 saturated heterocycles. The fourth-order valence-electron chi connectivity index (χ4n) is 8.13. The Labute approximate surface area is 302 Å². The fraction of sp³-hybridized carbons (Fsp3) is 0.0625. The minimum absolute atomic E-state index is 0.0694. The molecule has 0 fully saturated rings. The zero-order valence-electron chi connectivity index (χ0n) is 29.0. The topological polar surface area (TPSA) is 43.6 Å². The van der Waals surface area contributed by atoms with E-state index in [1.54, 1.807) is 0 Å². The molecule has 0 N–H and O–H groups in total. The largest absolute Gasteiger partial charge is 0.309 e. The van der Waals surface area contributed by atoms with Crippen LogP contribution in [-0.2, 0) is 5.41 Å². The average molecular weight is 667 g/mol. The summed E-state index contributed by atoms with van der Waals surface area (Å²) in [6, 6.07) is 60.1. The van der Waals surface area contributed by atoms with Crippen molar-refractivity contribution in [1.29, 1.82) is 0 Å². The van der Waals surface area contributed by atoms with Crippen molar-refractivity contribution < 1.29 is 0 Å². The van der Waals surface area contributed by atoms with Crippen LogP contribution in [0.2, 0.25) is 0 Å². The zero-order valence-corrected chi connectivity index (χ0v) is 29.0. The molecule has 4 nitrogen and oxygen atoms in total. The molecule has 0 amide bonds. The maximum absolute atomic E-state index is 5.02. The Hall–Kier alpha value is -6.65. The van der Waals surface area contributed by atoms with Crippen molar-refractivity contribution in [2.45, 2.75) is 19.3 Å². The van der Waals surface area contributed by atoms with E-state index in [1.807, 2.05) is 60.7 Å². The molecular formula is C48H34N4. The van der Waals surface area contributed by atoms with Crippen molar-refractivity contribution in [2.75, 3.05) is 0 Å². The van der Waals surface area contributed by atoms with Gasteiger partial charge >= 0.3 is 0 Å². The second kappa shape index (κ2) is 11.7. The molecule has 0 aliphatic heterocycles. The predicted molar refractivity (Wildman–Crippen MR) is 213 cm³/mol. The Morgan fingerprint density at radius 2 is 0.962 bits per heavy atom. The van der Waals surface area contributed by atoms with Gasteiger partial charge in [0.2, 0.25) is 0 Å². The summed E-state index contributed by atoms with van der Waals surface area (Å²) in [7, 11) is 0. The number of nitrogens with zero attached hydrogens (tertiary/aromatic N) is 4. The third-order valence-corrected chi connectivity index (χ3v) is 10.7. The van der Waals surface area contributed by atoms with Crippen molar-refractivity contribution in [2.24, 2.45) is 0 Å². The number of benzene rings is 7. The van der Waals surface area contributed by atoms with Gasteiger partial charge in [-0.05, 0) is 63.7 Å². The van der Waals surface area contributed by atoms with Crippen molar-refractivity contribution in [3.8, 4) is 62.1 Å². The predicted octanol–water partition coefficient (Wildman–Crippen LogP) is 11.9. The van der Waals surface area contributed by atoms with Crippen LogP contribution in [0.4, 0.5) is 0 Å². The summed E-state index contributed by atoms with van der Waals surface area (Å²) in [6.45, 7) is 4.69. The Morgan fingerprint density at radius 3 is 1.71 bits per heavy atom. The van der Waals surface area contributed by atoms with Crippen LogP contribution >= 0.6 is 0 Å². The van der Waals surface area contributed by atoms with Gasteiger partial charge < -0.3 is 4.57 Å². The van der Waals surface area contributed by atoms with Gasteiger partial charge in [0, 0.05) is 38.6 Å². The third kappa shape index (κ3) is 4.72. The summed E-state index contributed by atoms with van der Waals surface area (Å²) >= 11 is 0. The molecule has 9 aromatic rings. The maximum Gasteiger partial charge on any atom is 0.164 e. The van der Waals surface area contributed by atoms with Gasteiger partial charge in [0.1, 0.15) is 0 Å². The SMILES string of the molecule is CC1(C)c2ccccc2-c2ccc(-c3cccc4c3c3ccccc3n4-c3cccc(-c4nc(-c5ccccc5)nc(-c5ccccc5)n4)c3)cc21. The van der Waals surface area contributed by atoms with Gasteiger partial charge in [-0.3, -0.25) is 0 Å². The number of para-hydroxylation sites is 1.